The largest absolute Gasteiger partial charge is 0.391 e. The summed E-state index contributed by atoms with van der Waals surface area (Å²) in [6.07, 6.45) is 1.07. The summed E-state index contributed by atoms with van der Waals surface area (Å²) in [6, 6.07) is 8.32. The second-order valence-electron chi connectivity index (χ2n) is 4.69. The maximum absolute atomic E-state index is 9.28. The molecule has 1 aromatic heterocycles. The molecule has 18 heavy (non-hydrogen) atoms. The Labute approximate surface area is 116 Å². The molecule has 2 aromatic rings. The molecule has 0 bridgehead atoms. The molecule has 2 rings (SSSR count). The number of aliphatic hydroxyl groups is 1. The van der Waals surface area contributed by atoms with Gasteiger partial charge >= 0.3 is 0 Å². The van der Waals surface area contributed by atoms with Gasteiger partial charge in [-0.15, -0.1) is 11.3 Å². The van der Waals surface area contributed by atoms with Crippen molar-refractivity contribution in [1.29, 1.82) is 0 Å². The van der Waals surface area contributed by atoms with Gasteiger partial charge < -0.3 is 5.11 Å². The van der Waals surface area contributed by atoms with Crippen LogP contribution in [0.4, 0.5) is 0 Å². The Morgan fingerprint density at radius 2 is 1.94 bits per heavy atom. The molecule has 0 saturated heterocycles. The number of rotatable bonds is 4. The van der Waals surface area contributed by atoms with Gasteiger partial charge in [0, 0.05) is 5.56 Å². The van der Waals surface area contributed by atoms with Crippen LogP contribution in [0.25, 0.3) is 11.3 Å². The molecule has 0 unspecified atom stereocenters. The molecule has 0 radical (unpaired) electrons. The maximum Gasteiger partial charge on any atom is 0.184 e. The highest BCUT2D eigenvalue weighted by atomic mass is 35.5. The van der Waals surface area contributed by atoms with E-state index in [9.17, 15) is 5.11 Å². The summed E-state index contributed by atoms with van der Waals surface area (Å²) < 4.78 is 0.473. The molecule has 4 heteroatoms. The monoisotopic (exact) mass is 281 g/mol. The van der Waals surface area contributed by atoms with Gasteiger partial charge in [0.05, 0.1) is 17.2 Å². The van der Waals surface area contributed by atoms with E-state index in [-0.39, 0.29) is 6.61 Å². The molecular formula is C14H16ClNOS. The first-order valence-electron chi connectivity index (χ1n) is 5.95. The van der Waals surface area contributed by atoms with Gasteiger partial charge in [-0.1, -0.05) is 49.7 Å². The van der Waals surface area contributed by atoms with Gasteiger partial charge in [0.15, 0.2) is 4.47 Å². The molecule has 1 N–H and O–H groups in total. The normalized spacial score (nSPS) is 11.2. The molecule has 0 atom stereocenters. The van der Waals surface area contributed by atoms with Gasteiger partial charge in [0.25, 0.3) is 0 Å². The van der Waals surface area contributed by atoms with Gasteiger partial charge in [-0.25, -0.2) is 4.98 Å². The van der Waals surface area contributed by atoms with Crippen LogP contribution in [-0.4, -0.2) is 10.1 Å². The van der Waals surface area contributed by atoms with Crippen LogP contribution in [0.3, 0.4) is 0 Å². The topological polar surface area (TPSA) is 33.1 Å². The summed E-state index contributed by atoms with van der Waals surface area (Å²) in [4.78, 5) is 5.08. The van der Waals surface area contributed by atoms with Crippen molar-refractivity contribution >= 4 is 22.9 Å². The maximum atomic E-state index is 9.28. The van der Waals surface area contributed by atoms with E-state index in [1.807, 2.05) is 12.1 Å². The summed E-state index contributed by atoms with van der Waals surface area (Å²) in [5, 5.41) is 9.28. The van der Waals surface area contributed by atoms with Gasteiger partial charge in [0.1, 0.15) is 0 Å². The first-order valence-corrected chi connectivity index (χ1v) is 7.15. The average Bonchev–Trinajstić information content (AvgIpc) is 2.71. The van der Waals surface area contributed by atoms with Crippen LogP contribution < -0.4 is 0 Å². The van der Waals surface area contributed by atoms with E-state index in [1.165, 1.54) is 16.9 Å². The lowest BCUT2D eigenvalue weighted by Gasteiger charge is -2.06. The minimum Gasteiger partial charge on any atom is -0.391 e. The molecule has 1 aromatic carbocycles. The molecule has 0 aliphatic carbocycles. The molecular weight excluding hydrogens is 266 g/mol. The highest BCUT2D eigenvalue weighted by Crippen LogP contribution is 2.31. The zero-order chi connectivity index (χ0) is 13.1. The third-order valence-electron chi connectivity index (χ3n) is 2.69. The van der Waals surface area contributed by atoms with Gasteiger partial charge in [-0.2, -0.15) is 0 Å². The second kappa shape index (κ2) is 5.83. The Hall–Kier alpha value is -0.900. The molecule has 96 valence electrons. The first kappa shape index (κ1) is 13.5. The van der Waals surface area contributed by atoms with Crippen molar-refractivity contribution in [2.24, 2.45) is 5.92 Å². The number of aliphatic hydroxyl groups excluding tert-OH is 1. The standard InChI is InChI=1S/C14H16ClNOS/c1-9(2)7-10-3-5-11(6-4-10)13-12(8-17)18-14(15)16-13/h3-6,9,17H,7-8H2,1-2H3. The van der Waals surface area contributed by atoms with Crippen LogP contribution in [0, 0.1) is 5.92 Å². The Morgan fingerprint density at radius 3 is 2.50 bits per heavy atom. The molecule has 1 heterocycles. The second-order valence-corrected chi connectivity index (χ2v) is 6.36. The van der Waals surface area contributed by atoms with Crippen molar-refractivity contribution in [2.45, 2.75) is 26.9 Å². The van der Waals surface area contributed by atoms with Crippen molar-refractivity contribution in [3.63, 3.8) is 0 Å². The van der Waals surface area contributed by atoms with Gasteiger partial charge in [0.2, 0.25) is 0 Å². The fourth-order valence-corrected chi connectivity index (χ4v) is 2.95. The van der Waals surface area contributed by atoms with Crippen molar-refractivity contribution < 1.29 is 5.11 Å². The Kier molecular flexibility index (Phi) is 4.38. The third-order valence-corrected chi connectivity index (χ3v) is 3.83. The van der Waals surface area contributed by atoms with Crippen LogP contribution in [0.15, 0.2) is 24.3 Å². The molecule has 0 fully saturated rings. The number of aromatic nitrogens is 1. The van der Waals surface area contributed by atoms with Crippen LogP contribution in [0.2, 0.25) is 4.47 Å². The fourth-order valence-electron chi connectivity index (χ4n) is 1.93. The Bertz CT molecular complexity index is 519. The zero-order valence-electron chi connectivity index (χ0n) is 10.5. The van der Waals surface area contributed by atoms with E-state index in [0.717, 1.165) is 22.6 Å². The van der Waals surface area contributed by atoms with Crippen LogP contribution in [-0.2, 0) is 13.0 Å². The molecule has 0 amide bonds. The van der Waals surface area contributed by atoms with Crippen molar-refractivity contribution in [1.82, 2.24) is 4.98 Å². The lowest BCUT2D eigenvalue weighted by atomic mass is 10.0. The number of nitrogens with zero attached hydrogens (tertiary/aromatic N) is 1. The molecule has 0 aliphatic rings. The Balaban J connectivity index is 2.28. The van der Waals surface area contributed by atoms with E-state index in [0.29, 0.717) is 10.4 Å². The van der Waals surface area contributed by atoms with E-state index < -0.39 is 0 Å². The first-order chi connectivity index (χ1) is 8.60. The number of benzene rings is 1. The van der Waals surface area contributed by atoms with E-state index in [4.69, 9.17) is 11.6 Å². The van der Waals surface area contributed by atoms with Crippen LogP contribution in [0.1, 0.15) is 24.3 Å². The van der Waals surface area contributed by atoms with Crippen LogP contribution in [0.5, 0.6) is 0 Å². The van der Waals surface area contributed by atoms with Crippen LogP contribution >= 0.6 is 22.9 Å². The predicted molar refractivity (Wildman–Crippen MR) is 77.0 cm³/mol. The number of hydrogen-bond acceptors (Lipinski definition) is 3. The Morgan fingerprint density at radius 1 is 1.28 bits per heavy atom. The van der Waals surface area contributed by atoms with Crippen molar-refractivity contribution in [3.8, 4) is 11.3 Å². The lowest BCUT2D eigenvalue weighted by molar-refractivity contribution is 0.286. The van der Waals surface area contributed by atoms with Gasteiger partial charge in [-0.3, -0.25) is 0 Å². The molecule has 0 aliphatic heterocycles. The third kappa shape index (κ3) is 3.10. The van der Waals surface area contributed by atoms with E-state index in [2.05, 4.69) is 31.0 Å². The predicted octanol–water partition coefficient (Wildman–Crippen LogP) is 4.15. The molecule has 0 spiro atoms. The fraction of sp³-hybridized carbons (Fsp3) is 0.357. The highest BCUT2D eigenvalue weighted by molar-refractivity contribution is 7.16. The molecule has 2 nitrogen and oxygen atoms in total. The smallest absolute Gasteiger partial charge is 0.184 e. The molecule has 0 saturated carbocycles. The SMILES string of the molecule is CC(C)Cc1ccc(-c2nc(Cl)sc2CO)cc1. The number of hydrogen-bond donors (Lipinski definition) is 1. The minimum absolute atomic E-state index is 0.0204. The summed E-state index contributed by atoms with van der Waals surface area (Å²) in [7, 11) is 0. The summed E-state index contributed by atoms with van der Waals surface area (Å²) >= 11 is 7.22. The quantitative estimate of drug-likeness (QED) is 0.913. The van der Waals surface area contributed by atoms with E-state index in [1.54, 1.807) is 0 Å². The lowest BCUT2D eigenvalue weighted by Crippen LogP contribution is -1.93. The number of halogens is 1. The number of thiazole rings is 1. The summed E-state index contributed by atoms with van der Waals surface area (Å²) in [6.45, 7) is 4.39. The summed E-state index contributed by atoms with van der Waals surface area (Å²) in [5.41, 5.74) is 3.12. The zero-order valence-corrected chi connectivity index (χ0v) is 12.1. The minimum atomic E-state index is -0.0204. The van der Waals surface area contributed by atoms with Crippen molar-refractivity contribution in [3.05, 3.63) is 39.2 Å². The van der Waals surface area contributed by atoms with E-state index >= 15 is 0 Å². The van der Waals surface area contributed by atoms with Gasteiger partial charge in [-0.05, 0) is 17.9 Å². The summed E-state index contributed by atoms with van der Waals surface area (Å²) in [5.74, 6) is 0.651. The van der Waals surface area contributed by atoms with Crippen molar-refractivity contribution in [2.75, 3.05) is 0 Å². The highest BCUT2D eigenvalue weighted by Gasteiger charge is 2.11. The average molecular weight is 282 g/mol.